The quantitative estimate of drug-likeness (QED) is 0.870. The molecule has 1 rings (SSSR count). The van der Waals surface area contributed by atoms with Gasteiger partial charge in [-0.05, 0) is 18.2 Å². The van der Waals surface area contributed by atoms with Crippen LogP contribution in [0.3, 0.4) is 0 Å². The number of anilines is 1. The fourth-order valence-electron chi connectivity index (χ4n) is 1.23. The van der Waals surface area contributed by atoms with Crippen LogP contribution in [0, 0.1) is 0 Å². The lowest BCUT2D eigenvalue weighted by atomic mass is 10.1. The predicted molar refractivity (Wildman–Crippen MR) is 55.3 cm³/mol. The SMILES string of the molecule is CN(C)c1ccc(OC(F)(F)F)c(CN)c1. The predicted octanol–water partition coefficient (Wildman–Crippen LogP) is 2.11. The first kappa shape index (κ1) is 12.6. The average molecular weight is 234 g/mol. The summed E-state index contributed by atoms with van der Waals surface area (Å²) in [5.41, 5.74) is 6.47. The zero-order chi connectivity index (χ0) is 12.3. The Kier molecular flexibility index (Phi) is 3.64. The van der Waals surface area contributed by atoms with Crippen LogP contribution in [0.5, 0.6) is 5.75 Å². The minimum Gasteiger partial charge on any atom is -0.405 e. The van der Waals surface area contributed by atoms with Crippen molar-refractivity contribution >= 4 is 5.69 Å². The number of hydrogen-bond donors (Lipinski definition) is 1. The van der Waals surface area contributed by atoms with Crippen molar-refractivity contribution in [1.29, 1.82) is 0 Å². The maximum Gasteiger partial charge on any atom is 0.573 e. The van der Waals surface area contributed by atoms with Crippen molar-refractivity contribution in [2.24, 2.45) is 5.73 Å². The van der Waals surface area contributed by atoms with E-state index in [2.05, 4.69) is 4.74 Å². The Bertz CT molecular complexity index is 364. The zero-order valence-electron chi connectivity index (χ0n) is 9.01. The van der Waals surface area contributed by atoms with Gasteiger partial charge in [-0.25, -0.2) is 0 Å². The van der Waals surface area contributed by atoms with E-state index in [-0.39, 0.29) is 12.3 Å². The Morgan fingerprint density at radius 2 is 1.94 bits per heavy atom. The molecule has 0 unspecified atom stereocenters. The molecule has 0 aliphatic carbocycles. The number of ether oxygens (including phenoxy) is 1. The molecule has 0 radical (unpaired) electrons. The molecule has 0 aliphatic heterocycles. The Balaban J connectivity index is 3.02. The number of hydrogen-bond acceptors (Lipinski definition) is 3. The van der Waals surface area contributed by atoms with Gasteiger partial charge in [0.1, 0.15) is 5.75 Å². The van der Waals surface area contributed by atoms with E-state index >= 15 is 0 Å². The lowest BCUT2D eigenvalue weighted by Gasteiger charge is -2.17. The highest BCUT2D eigenvalue weighted by molar-refractivity contribution is 5.52. The summed E-state index contributed by atoms with van der Waals surface area (Å²) in [5.74, 6) is -0.249. The van der Waals surface area contributed by atoms with Crippen LogP contribution in [0.25, 0.3) is 0 Å². The molecular formula is C10H13F3N2O. The van der Waals surface area contributed by atoms with Gasteiger partial charge < -0.3 is 15.4 Å². The molecule has 6 heteroatoms. The molecule has 0 bridgehead atoms. The lowest BCUT2D eigenvalue weighted by Crippen LogP contribution is -2.19. The second-order valence-electron chi connectivity index (χ2n) is 3.44. The summed E-state index contributed by atoms with van der Waals surface area (Å²) in [6.45, 7) is -0.00685. The number of halogens is 3. The molecule has 0 aromatic heterocycles. The number of nitrogens with two attached hydrogens (primary N) is 1. The molecule has 0 aliphatic rings. The smallest absolute Gasteiger partial charge is 0.405 e. The third-order valence-electron chi connectivity index (χ3n) is 2.01. The van der Waals surface area contributed by atoms with Crippen molar-refractivity contribution in [2.75, 3.05) is 19.0 Å². The molecule has 3 nitrogen and oxygen atoms in total. The molecule has 0 fully saturated rings. The van der Waals surface area contributed by atoms with E-state index in [0.29, 0.717) is 5.56 Å². The summed E-state index contributed by atoms with van der Waals surface area (Å²) in [6, 6.07) is 4.38. The second-order valence-corrected chi connectivity index (χ2v) is 3.44. The monoisotopic (exact) mass is 234 g/mol. The molecule has 1 aromatic carbocycles. The van der Waals surface area contributed by atoms with E-state index in [1.165, 1.54) is 6.07 Å². The normalized spacial score (nSPS) is 11.4. The molecule has 0 amide bonds. The molecule has 2 N–H and O–H groups in total. The Hall–Kier alpha value is -1.43. The van der Waals surface area contributed by atoms with Crippen LogP contribution < -0.4 is 15.4 Å². The molecule has 0 saturated heterocycles. The van der Waals surface area contributed by atoms with Gasteiger partial charge in [0.2, 0.25) is 0 Å². The third-order valence-corrected chi connectivity index (χ3v) is 2.01. The van der Waals surface area contributed by atoms with Crippen molar-refractivity contribution in [3.05, 3.63) is 23.8 Å². The van der Waals surface area contributed by atoms with Gasteiger partial charge >= 0.3 is 6.36 Å². The molecule has 0 saturated carbocycles. The van der Waals surface area contributed by atoms with Crippen LogP contribution in [0.15, 0.2) is 18.2 Å². The summed E-state index contributed by atoms with van der Waals surface area (Å²) in [6.07, 6.45) is -4.69. The second kappa shape index (κ2) is 4.61. The summed E-state index contributed by atoms with van der Waals surface area (Å²) >= 11 is 0. The molecule has 0 atom stereocenters. The standard InChI is InChI=1S/C10H13F3N2O/c1-15(2)8-3-4-9(7(5-8)6-14)16-10(11,12)13/h3-5H,6,14H2,1-2H3. The molecule has 90 valence electrons. The van der Waals surface area contributed by atoms with E-state index in [1.807, 2.05) is 0 Å². The molecule has 0 spiro atoms. The summed E-state index contributed by atoms with van der Waals surface area (Å²) in [4.78, 5) is 1.77. The number of nitrogens with zero attached hydrogens (tertiary/aromatic N) is 1. The van der Waals surface area contributed by atoms with E-state index in [9.17, 15) is 13.2 Å². The van der Waals surface area contributed by atoms with Crippen molar-refractivity contribution in [1.82, 2.24) is 0 Å². The fourth-order valence-corrected chi connectivity index (χ4v) is 1.23. The van der Waals surface area contributed by atoms with Gasteiger partial charge in [-0.2, -0.15) is 0 Å². The summed E-state index contributed by atoms with van der Waals surface area (Å²) in [5, 5.41) is 0. The maximum absolute atomic E-state index is 12.0. The molecule has 0 heterocycles. The van der Waals surface area contributed by atoms with Gasteiger partial charge in [-0.3, -0.25) is 0 Å². The first-order valence-electron chi connectivity index (χ1n) is 4.59. The Morgan fingerprint density at radius 1 is 1.31 bits per heavy atom. The summed E-state index contributed by atoms with van der Waals surface area (Å²) in [7, 11) is 3.58. The van der Waals surface area contributed by atoms with Crippen molar-refractivity contribution in [3.8, 4) is 5.75 Å². The molecule has 16 heavy (non-hydrogen) atoms. The van der Waals surface area contributed by atoms with Crippen molar-refractivity contribution < 1.29 is 17.9 Å². The summed E-state index contributed by atoms with van der Waals surface area (Å²) < 4.78 is 40.0. The van der Waals surface area contributed by atoms with Crippen LogP contribution >= 0.6 is 0 Å². The van der Waals surface area contributed by atoms with Gasteiger partial charge in [-0.15, -0.1) is 13.2 Å². The Labute approximate surface area is 91.6 Å². The minimum absolute atomic E-state index is 0.00685. The van der Waals surface area contributed by atoms with Crippen molar-refractivity contribution in [3.63, 3.8) is 0 Å². The van der Waals surface area contributed by atoms with Crippen LogP contribution in [-0.2, 0) is 6.54 Å². The topological polar surface area (TPSA) is 38.5 Å². The minimum atomic E-state index is -4.69. The van der Waals surface area contributed by atoms with Gasteiger partial charge in [-0.1, -0.05) is 0 Å². The van der Waals surface area contributed by atoms with E-state index < -0.39 is 6.36 Å². The van der Waals surface area contributed by atoms with E-state index in [0.717, 1.165) is 5.69 Å². The number of benzene rings is 1. The maximum atomic E-state index is 12.0. The van der Waals surface area contributed by atoms with Crippen LogP contribution in [0.1, 0.15) is 5.56 Å². The highest BCUT2D eigenvalue weighted by Gasteiger charge is 2.31. The van der Waals surface area contributed by atoms with E-state index in [4.69, 9.17) is 5.73 Å². The van der Waals surface area contributed by atoms with Crippen molar-refractivity contribution in [2.45, 2.75) is 12.9 Å². The Morgan fingerprint density at radius 3 is 2.38 bits per heavy atom. The zero-order valence-corrected chi connectivity index (χ0v) is 9.01. The average Bonchev–Trinajstić information content (AvgIpc) is 2.15. The van der Waals surface area contributed by atoms with E-state index in [1.54, 1.807) is 31.1 Å². The van der Waals surface area contributed by atoms with Gasteiger partial charge in [0.15, 0.2) is 0 Å². The third kappa shape index (κ3) is 3.30. The lowest BCUT2D eigenvalue weighted by molar-refractivity contribution is -0.274. The molecule has 1 aromatic rings. The van der Waals surface area contributed by atoms with Gasteiger partial charge in [0, 0.05) is 31.9 Å². The fraction of sp³-hybridized carbons (Fsp3) is 0.400. The van der Waals surface area contributed by atoms with Gasteiger partial charge in [0.25, 0.3) is 0 Å². The number of rotatable bonds is 3. The first-order chi connectivity index (χ1) is 7.33. The van der Waals surface area contributed by atoms with Crippen LogP contribution in [-0.4, -0.2) is 20.5 Å². The number of alkyl halides is 3. The highest BCUT2D eigenvalue weighted by Crippen LogP contribution is 2.29. The van der Waals surface area contributed by atoms with Gasteiger partial charge in [0.05, 0.1) is 0 Å². The van der Waals surface area contributed by atoms with Crippen LogP contribution in [0.2, 0.25) is 0 Å². The highest BCUT2D eigenvalue weighted by atomic mass is 19.4. The largest absolute Gasteiger partial charge is 0.573 e. The first-order valence-corrected chi connectivity index (χ1v) is 4.59. The van der Waals surface area contributed by atoms with Crippen LogP contribution in [0.4, 0.5) is 18.9 Å². The molecular weight excluding hydrogens is 221 g/mol.